The molecule has 3 rings (SSSR count). The van der Waals surface area contributed by atoms with Crippen LogP contribution >= 0.6 is 22.9 Å². The summed E-state index contributed by atoms with van der Waals surface area (Å²) in [5, 5.41) is 10.0. The first-order valence-electron chi connectivity index (χ1n) is 15.0. The molecule has 0 aliphatic rings. The van der Waals surface area contributed by atoms with E-state index in [2.05, 4.69) is 20.9 Å². The summed E-state index contributed by atoms with van der Waals surface area (Å²) in [6.45, 7) is 0.963. The van der Waals surface area contributed by atoms with Crippen molar-refractivity contribution in [2.45, 2.75) is 56.8 Å². The summed E-state index contributed by atoms with van der Waals surface area (Å²) in [5.74, 6) is -2.11. The lowest BCUT2D eigenvalue weighted by Gasteiger charge is -2.25. The molecule has 0 radical (unpaired) electrons. The van der Waals surface area contributed by atoms with E-state index in [1.165, 1.54) is 0 Å². The van der Waals surface area contributed by atoms with E-state index < -0.39 is 41.8 Å². The molecule has 15 heteroatoms. The van der Waals surface area contributed by atoms with Crippen molar-refractivity contribution >= 4 is 52.5 Å². The van der Waals surface area contributed by atoms with Gasteiger partial charge in [-0.25, -0.2) is 0 Å². The zero-order valence-corrected chi connectivity index (χ0v) is 27.4. The fraction of sp³-hybridized carbons (Fsp3) is 0.344. The highest BCUT2D eigenvalue weighted by Gasteiger charge is 2.30. The van der Waals surface area contributed by atoms with Crippen LogP contribution in [0.2, 0.25) is 5.02 Å². The molecule has 1 heterocycles. The van der Waals surface area contributed by atoms with Gasteiger partial charge in [-0.15, -0.1) is 11.3 Å². The first-order chi connectivity index (χ1) is 22.6. The molecule has 0 saturated heterocycles. The van der Waals surface area contributed by atoms with Gasteiger partial charge in [0.2, 0.25) is 17.7 Å². The molecule has 0 aliphatic heterocycles. The smallest absolute Gasteiger partial charge is 0.263 e. The van der Waals surface area contributed by atoms with Gasteiger partial charge in [-0.3, -0.25) is 24.2 Å². The summed E-state index contributed by atoms with van der Waals surface area (Å²) in [6, 6.07) is 14.5. The minimum atomic E-state index is -1.18. The van der Waals surface area contributed by atoms with E-state index in [0.717, 1.165) is 16.9 Å². The Bertz CT molecular complexity index is 1500. The second-order valence-corrected chi connectivity index (χ2v) is 11.9. The van der Waals surface area contributed by atoms with Gasteiger partial charge in [0.25, 0.3) is 5.91 Å². The largest absolute Gasteiger partial charge is 0.489 e. The normalized spacial score (nSPS) is 12.6. The number of nitrogens with zero attached hydrogens (tertiary/aromatic N) is 1. The first kappa shape index (κ1) is 36.8. The number of nitrogens with one attached hydrogen (secondary N) is 3. The van der Waals surface area contributed by atoms with Crippen LogP contribution in [-0.2, 0) is 21.0 Å². The highest BCUT2D eigenvalue weighted by Crippen LogP contribution is 2.22. The number of benzene rings is 2. The summed E-state index contributed by atoms with van der Waals surface area (Å²) < 4.78 is 5.81. The van der Waals surface area contributed by atoms with Crippen molar-refractivity contribution in [1.82, 2.24) is 16.0 Å². The number of nitrogens with two attached hydrogens (primary N) is 4. The van der Waals surface area contributed by atoms with Crippen LogP contribution in [0.15, 0.2) is 71.0 Å². The SMILES string of the molecule is NCCCC[C@H](NC(=O)[C@H](CCCN=C(N)N)NC(=O)c1sccc1Cl)C(=O)N[C@@H](C(N)=O)c1ccc(OCc2ccccc2)cc1. The Morgan fingerprint density at radius 1 is 0.830 bits per heavy atom. The van der Waals surface area contributed by atoms with Gasteiger partial charge >= 0.3 is 0 Å². The molecular weight excluding hydrogens is 644 g/mol. The zero-order valence-electron chi connectivity index (χ0n) is 25.8. The van der Waals surface area contributed by atoms with Crippen LogP contribution in [-0.4, -0.2) is 54.8 Å². The Morgan fingerprint density at radius 2 is 1.49 bits per heavy atom. The maximum Gasteiger partial charge on any atom is 0.263 e. The van der Waals surface area contributed by atoms with Crippen LogP contribution in [0, 0.1) is 0 Å². The number of carbonyl (C=O) groups is 4. The maximum absolute atomic E-state index is 13.6. The number of unbranched alkanes of at least 4 members (excludes halogenated alkanes) is 1. The fourth-order valence-electron chi connectivity index (χ4n) is 4.54. The lowest BCUT2D eigenvalue weighted by molar-refractivity contribution is -0.132. The van der Waals surface area contributed by atoms with Gasteiger partial charge in [0.05, 0.1) is 5.02 Å². The van der Waals surface area contributed by atoms with Crippen LogP contribution in [0.25, 0.3) is 0 Å². The van der Waals surface area contributed by atoms with E-state index in [0.29, 0.717) is 43.7 Å². The molecule has 0 bridgehead atoms. The van der Waals surface area contributed by atoms with Crippen molar-refractivity contribution in [3.63, 3.8) is 0 Å². The first-order valence-corrected chi connectivity index (χ1v) is 16.3. The maximum atomic E-state index is 13.6. The molecular formula is C32H41ClN8O5S. The third-order valence-electron chi connectivity index (χ3n) is 7.00. The molecule has 3 atom stereocenters. The van der Waals surface area contributed by atoms with Gasteiger partial charge in [0, 0.05) is 6.54 Å². The minimum Gasteiger partial charge on any atom is -0.489 e. The molecule has 4 amide bonds. The van der Waals surface area contributed by atoms with E-state index >= 15 is 0 Å². The summed E-state index contributed by atoms with van der Waals surface area (Å²) in [4.78, 5) is 56.7. The highest BCUT2D eigenvalue weighted by atomic mass is 35.5. The van der Waals surface area contributed by atoms with E-state index in [1.54, 1.807) is 35.7 Å². The van der Waals surface area contributed by atoms with Gasteiger partial charge in [-0.1, -0.05) is 54.1 Å². The quantitative estimate of drug-likeness (QED) is 0.0560. The Balaban J connectivity index is 1.73. The molecule has 0 unspecified atom stereocenters. The topological polar surface area (TPSA) is 230 Å². The number of aliphatic imine (C=N–C) groups is 1. The van der Waals surface area contributed by atoms with Crippen molar-refractivity contribution in [2.24, 2.45) is 27.9 Å². The Morgan fingerprint density at radius 3 is 2.11 bits per heavy atom. The van der Waals surface area contributed by atoms with Crippen molar-refractivity contribution in [2.75, 3.05) is 13.1 Å². The van der Waals surface area contributed by atoms with Crippen LogP contribution in [0.5, 0.6) is 5.75 Å². The number of carbonyl (C=O) groups excluding carboxylic acids is 4. The number of guanidine groups is 1. The Labute approximate surface area is 282 Å². The highest BCUT2D eigenvalue weighted by molar-refractivity contribution is 7.12. The number of amides is 4. The number of halogens is 1. The van der Waals surface area contributed by atoms with Gasteiger partial charge in [0.15, 0.2) is 5.96 Å². The molecule has 252 valence electrons. The Kier molecular flexibility index (Phi) is 15.0. The summed E-state index contributed by atoms with van der Waals surface area (Å²) in [6.07, 6.45) is 1.84. The van der Waals surface area contributed by atoms with Gasteiger partial charge in [-0.05, 0) is 73.4 Å². The minimum absolute atomic E-state index is 0.101. The predicted octanol–water partition coefficient (Wildman–Crippen LogP) is 2.09. The number of ether oxygens (including phenoxy) is 1. The third kappa shape index (κ3) is 12.2. The molecule has 0 spiro atoms. The number of hydrogen-bond acceptors (Lipinski definition) is 8. The van der Waals surface area contributed by atoms with Gasteiger partial charge < -0.3 is 43.6 Å². The predicted molar refractivity (Wildman–Crippen MR) is 183 cm³/mol. The second-order valence-electron chi connectivity index (χ2n) is 10.6. The standard InChI is InChI=1S/C32H41ClN8O5S/c33-23-15-18-47-27(23)31(45)40-25(10-6-17-38-32(36)37)29(43)39-24(9-4-5-16-34)30(44)41-26(28(35)42)21-11-13-22(14-12-21)46-19-20-7-2-1-3-8-20/h1-3,7-8,11-15,18,24-26H,4-6,9-10,16-17,19,34H2,(H2,35,42)(H,39,43)(H,40,45)(H,41,44)(H4,36,37,38)/t24-,25-,26+/m0/s1. The molecule has 0 fully saturated rings. The van der Waals surface area contributed by atoms with Gasteiger partial charge in [-0.2, -0.15) is 0 Å². The van der Waals surface area contributed by atoms with E-state index in [9.17, 15) is 19.2 Å². The van der Waals surface area contributed by atoms with Crippen molar-refractivity contribution in [3.8, 4) is 5.75 Å². The van der Waals surface area contributed by atoms with Crippen LogP contribution in [0.1, 0.15) is 58.9 Å². The number of hydrogen-bond donors (Lipinski definition) is 7. The van der Waals surface area contributed by atoms with Crippen molar-refractivity contribution in [3.05, 3.63) is 87.1 Å². The summed E-state index contributed by atoms with van der Waals surface area (Å²) in [5.41, 5.74) is 23.6. The monoisotopic (exact) mass is 684 g/mol. The number of primary amides is 1. The summed E-state index contributed by atoms with van der Waals surface area (Å²) >= 11 is 7.25. The molecule has 11 N–H and O–H groups in total. The van der Waals surface area contributed by atoms with E-state index in [-0.39, 0.29) is 35.2 Å². The lowest BCUT2D eigenvalue weighted by Crippen LogP contribution is -2.54. The van der Waals surface area contributed by atoms with Gasteiger partial charge in [0.1, 0.15) is 35.4 Å². The number of rotatable bonds is 19. The van der Waals surface area contributed by atoms with E-state index in [4.69, 9.17) is 39.3 Å². The Hall–Kier alpha value is -4.66. The molecule has 2 aromatic carbocycles. The average Bonchev–Trinajstić information content (AvgIpc) is 3.49. The number of thiophene rings is 1. The molecule has 13 nitrogen and oxygen atoms in total. The third-order valence-corrected chi connectivity index (χ3v) is 8.34. The van der Waals surface area contributed by atoms with Crippen molar-refractivity contribution < 1.29 is 23.9 Å². The summed E-state index contributed by atoms with van der Waals surface area (Å²) in [7, 11) is 0. The van der Waals surface area contributed by atoms with Crippen LogP contribution in [0.3, 0.4) is 0 Å². The lowest BCUT2D eigenvalue weighted by atomic mass is 10.0. The van der Waals surface area contributed by atoms with Crippen molar-refractivity contribution in [1.29, 1.82) is 0 Å². The molecule has 47 heavy (non-hydrogen) atoms. The molecule has 0 saturated carbocycles. The second kappa shape index (κ2) is 19.1. The molecule has 1 aromatic heterocycles. The average molecular weight is 685 g/mol. The van der Waals surface area contributed by atoms with E-state index in [1.807, 2.05) is 30.3 Å². The van der Waals surface area contributed by atoms with Crippen LogP contribution < -0.4 is 43.6 Å². The van der Waals surface area contributed by atoms with Crippen LogP contribution in [0.4, 0.5) is 0 Å². The molecule has 3 aromatic rings. The molecule has 0 aliphatic carbocycles. The fourth-order valence-corrected chi connectivity index (χ4v) is 5.59. The zero-order chi connectivity index (χ0) is 34.2.